The zero-order valence-electron chi connectivity index (χ0n) is 12.3. The van der Waals surface area contributed by atoms with Gasteiger partial charge in [-0.15, -0.1) is 11.3 Å². The highest BCUT2D eigenvalue weighted by atomic mass is 32.1. The number of H-pyrrole nitrogens is 1. The molecule has 1 unspecified atom stereocenters. The Kier molecular flexibility index (Phi) is 4.24. The van der Waals surface area contributed by atoms with Crippen LogP contribution < -0.4 is 5.32 Å². The summed E-state index contributed by atoms with van der Waals surface area (Å²) in [6, 6.07) is 3.62. The minimum Gasteiger partial charge on any atom is -0.348 e. The van der Waals surface area contributed by atoms with Gasteiger partial charge in [0.1, 0.15) is 0 Å². The van der Waals surface area contributed by atoms with Gasteiger partial charge in [-0.25, -0.2) is 0 Å². The van der Waals surface area contributed by atoms with Gasteiger partial charge in [-0.1, -0.05) is 6.07 Å². The van der Waals surface area contributed by atoms with Crippen molar-refractivity contribution in [2.45, 2.75) is 32.4 Å². The Hall–Kier alpha value is -2.15. The first-order valence-corrected chi connectivity index (χ1v) is 8.11. The lowest BCUT2D eigenvalue weighted by Crippen LogP contribution is -2.38. The lowest BCUT2D eigenvalue weighted by atomic mass is 10.1. The number of fused-ring (bicyclic) bond motifs is 1. The van der Waals surface area contributed by atoms with Gasteiger partial charge in [0.2, 0.25) is 11.8 Å². The van der Waals surface area contributed by atoms with Crippen LogP contribution in [0.2, 0.25) is 0 Å². The Bertz CT molecular complexity index is 665. The van der Waals surface area contributed by atoms with Crippen molar-refractivity contribution in [1.29, 1.82) is 0 Å². The second kappa shape index (κ2) is 6.31. The van der Waals surface area contributed by atoms with Crippen LogP contribution in [0.1, 0.15) is 35.5 Å². The number of amides is 2. The molecule has 0 saturated carbocycles. The third-order valence-corrected chi connectivity index (χ3v) is 4.78. The molecule has 0 spiro atoms. The van der Waals surface area contributed by atoms with Crippen molar-refractivity contribution < 1.29 is 9.59 Å². The Morgan fingerprint density at radius 1 is 1.55 bits per heavy atom. The number of thiophene rings is 1. The van der Waals surface area contributed by atoms with E-state index in [2.05, 4.69) is 15.5 Å². The molecule has 0 radical (unpaired) electrons. The molecule has 1 aliphatic rings. The van der Waals surface area contributed by atoms with Gasteiger partial charge in [0.25, 0.3) is 0 Å². The lowest BCUT2D eigenvalue weighted by Gasteiger charge is -2.28. The van der Waals surface area contributed by atoms with E-state index < -0.39 is 0 Å². The molecule has 2 N–H and O–H groups in total. The second-order valence-electron chi connectivity index (χ2n) is 5.41. The van der Waals surface area contributed by atoms with E-state index in [0.29, 0.717) is 13.1 Å². The molecule has 116 valence electrons. The number of carbonyl (C=O) groups excluding carboxylic acids is 2. The second-order valence-corrected chi connectivity index (χ2v) is 6.39. The molecule has 3 rings (SSSR count). The number of nitrogens with one attached hydrogen (secondary N) is 2. The fourth-order valence-corrected chi connectivity index (χ4v) is 3.47. The molecule has 6 nitrogen and oxygen atoms in total. The Morgan fingerprint density at radius 3 is 3.14 bits per heavy atom. The Balaban J connectivity index is 1.68. The summed E-state index contributed by atoms with van der Waals surface area (Å²) >= 11 is 1.55. The largest absolute Gasteiger partial charge is 0.348 e. The van der Waals surface area contributed by atoms with Gasteiger partial charge in [-0.05, 0) is 11.4 Å². The number of hydrogen-bond acceptors (Lipinski definition) is 4. The monoisotopic (exact) mass is 318 g/mol. The van der Waals surface area contributed by atoms with E-state index in [0.717, 1.165) is 22.6 Å². The van der Waals surface area contributed by atoms with Gasteiger partial charge >= 0.3 is 0 Å². The molecule has 7 heteroatoms. The number of carbonyl (C=O) groups is 2. The highest BCUT2D eigenvalue weighted by Gasteiger charge is 2.25. The van der Waals surface area contributed by atoms with Gasteiger partial charge in [-0.3, -0.25) is 14.7 Å². The fraction of sp³-hybridized carbons (Fsp3) is 0.400. The minimum atomic E-state index is -0.254. The molecular weight excluding hydrogens is 300 g/mol. The smallest absolute Gasteiger partial charge is 0.225 e. The van der Waals surface area contributed by atoms with E-state index in [1.165, 1.54) is 6.92 Å². The third kappa shape index (κ3) is 3.19. The van der Waals surface area contributed by atoms with Crippen molar-refractivity contribution in [2.75, 3.05) is 6.54 Å². The van der Waals surface area contributed by atoms with Gasteiger partial charge in [0.05, 0.1) is 18.7 Å². The molecule has 0 saturated heterocycles. The van der Waals surface area contributed by atoms with Gasteiger partial charge in [-0.2, -0.15) is 5.10 Å². The first-order chi connectivity index (χ1) is 10.6. The molecule has 2 amide bonds. The maximum atomic E-state index is 12.6. The molecule has 0 aliphatic carbocycles. The average molecular weight is 318 g/mol. The van der Waals surface area contributed by atoms with E-state index >= 15 is 0 Å². The number of aromatic nitrogens is 2. The van der Waals surface area contributed by atoms with E-state index in [1.54, 1.807) is 17.5 Å². The standard InChI is InChI=1S/C15H18N4O2S/c1-10(20)17-13(14-3-2-6-22-14)7-15(21)19-5-4-12-11(9-19)8-16-18-12/h2-3,6,8,13H,4-5,7,9H2,1H3,(H,16,18)(H,17,20). The molecular formula is C15H18N4O2S. The average Bonchev–Trinajstić information content (AvgIpc) is 3.16. The summed E-state index contributed by atoms with van der Waals surface area (Å²) in [6.07, 6.45) is 2.86. The molecule has 0 aromatic carbocycles. The van der Waals surface area contributed by atoms with Crippen LogP contribution in [0.3, 0.4) is 0 Å². The highest BCUT2D eigenvalue weighted by molar-refractivity contribution is 7.10. The molecule has 2 aromatic rings. The van der Waals surface area contributed by atoms with Gasteiger partial charge in [0.15, 0.2) is 0 Å². The number of nitrogens with zero attached hydrogens (tertiary/aromatic N) is 2. The van der Waals surface area contributed by atoms with Crippen molar-refractivity contribution >= 4 is 23.2 Å². The quantitative estimate of drug-likeness (QED) is 0.899. The maximum absolute atomic E-state index is 12.6. The highest BCUT2D eigenvalue weighted by Crippen LogP contribution is 2.24. The van der Waals surface area contributed by atoms with Gasteiger partial charge < -0.3 is 10.2 Å². The molecule has 3 heterocycles. The molecule has 1 aliphatic heterocycles. The lowest BCUT2D eigenvalue weighted by molar-refractivity contribution is -0.133. The van der Waals surface area contributed by atoms with Crippen LogP contribution in [0.15, 0.2) is 23.7 Å². The first kappa shape index (κ1) is 14.8. The van der Waals surface area contributed by atoms with Crippen LogP contribution in [-0.4, -0.2) is 33.5 Å². The summed E-state index contributed by atoms with van der Waals surface area (Å²) in [5, 5.41) is 11.8. The van der Waals surface area contributed by atoms with Crippen molar-refractivity contribution in [3.8, 4) is 0 Å². The van der Waals surface area contributed by atoms with E-state index in [-0.39, 0.29) is 24.3 Å². The topological polar surface area (TPSA) is 78.1 Å². The van der Waals surface area contributed by atoms with E-state index in [1.807, 2.05) is 22.4 Å². The van der Waals surface area contributed by atoms with Crippen LogP contribution in [0.5, 0.6) is 0 Å². The number of hydrogen-bond donors (Lipinski definition) is 2. The Morgan fingerprint density at radius 2 is 2.41 bits per heavy atom. The molecule has 0 bridgehead atoms. The summed E-state index contributed by atoms with van der Waals surface area (Å²) in [6.45, 7) is 2.75. The van der Waals surface area contributed by atoms with Crippen LogP contribution in [0.4, 0.5) is 0 Å². The maximum Gasteiger partial charge on any atom is 0.225 e. The van der Waals surface area contributed by atoms with Crippen LogP contribution in [0.25, 0.3) is 0 Å². The predicted molar refractivity (Wildman–Crippen MR) is 83.2 cm³/mol. The zero-order valence-corrected chi connectivity index (χ0v) is 13.2. The summed E-state index contributed by atoms with van der Waals surface area (Å²) in [5.74, 6) is -0.0686. The van der Waals surface area contributed by atoms with Crippen molar-refractivity contribution in [3.05, 3.63) is 39.8 Å². The SMILES string of the molecule is CC(=O)NC(CC(=O)N1CCc2[nH]ncc2C1)c1cccs1. The fourth-order valence-electron chi connectivity index (χ4n) is 2.70. The Labute approximate surface area is 132 Å². The summed E-state index contributed by atoms with van der Waals surface area (Å²) < 4.78 is 0. The first-order valence-electron chi connectivity index (χ1n) is 7.23. The van der Waals surface area contributed by atoms with Crippen LogP contribution >= 0.6 is 11.3 Å². The van der Waals surface area contributed by atoms with Crippen LogP contribution in [-0.2, 0) is 22.6 Å². The molecule has 0 fully saturated rings. The molecule has 22 heavy (non-hydrogen) atoms. The summed E-state index contributed by atoms with van der Waals surface area (Å²) in [4.78, 5) is 26.8. The van der Waals surface area contributed by atoms with E-state index in [4.69, 9.17) is 0 Å². The number of aromatic amines is 1. The van der Waals surface area contributed by atoms with Crippen molar-refractivity contribution in [1.82, 2.24) is 20.4 Å². The molecule has 2 aromatic heterocycles. The van der Waals surface area contributed by atoms with E-state index in [9.17, 15) is 9.59 Å². The van der Waals surface area contributed by atoms with Crippen molar-refractivity contribution in [3.63, 3.8) is 0 Å². The predicted octanol–water partition coefficient (Wildman–Crippen LogP) is 1.62. The molecule has 1 atom stereocenters. The third-order valence-electron chi connectivity index (χ3n) is 3.80. The van der Waals surface area contributed by atoms with Crippen LogP contribution in [0, 0.1) is 0 Å². The van der Waals surface area contributed by atoms with Gasteiger partial charge in [0, 0.05) is 42.6 Å². The minimum absolute atomic E-state index is 0.0546. The van der Waals surface area contributed by atoms with Crippen molar-refractivity contribution in [2.24, 2.45) is 0 Å². The number of rotatable bonds is 4. The summed E-state index contributed by atoms with van der Waals surface area (Å²) in [5.41, 5.74) is 2.19. The normalized spacial score (nSPS) is 15.2. The zero-order chi connectivity index (χ0) is 15.5. The summed E-state index contributed by atoms with van der Waals surface area (Å²) in [7, 11) is 0.